The molecule has 2 amide bonds. The molecule has 0 heterocycles. The Kier molecular flexibility index (Phi) is 14.7. The summed E-state index contributed by atoms with van der Waals surface area (Å²) < 4.78 is 63.8. The zero-order chi connectivity index (χ0) is 22.6. The molecular weight excluding hydrogens is 519 g/mol. The Hall–Kier alpha value is 0.590. The Bertz CT molecular complexity index is 1000. The van der Waals surface area contributed by atoms with E-state index in [-0.39, 0.29) is 84.6 Å². The summed E-state index contributed by atoms with van der Waals surface area (Å²) in [7, 11) is -11.9. The number of alkyl halides is 1. The number of carbonyl (C=O) groups excluding carboxylic acids is 1. The van der Waals surface area contributed by atoms with Crippen LogP contribution in [0.3, 0.4) is 0 Å². The number of hydrogen-bond donors (Lipinski definition) is 2. The number of carbonyl (C=O) groups is 1. The molecule has 0 aromatic heterocycles. The third kappa shape index (κ3) is 11.5. The molecule has 0 aliphatic heterocycles. The molecule has 2 N–H and O–H groups in total. The minimum absolute atomic E-state index is 0. The SMILES string of the molecule is CN(Cc1ccc(OP(=O)(O)O)cc1)C(=O)N(N(CCCl)S(C)(=O)=O)S(C)(=O)=O.[H-].[H-].[Na+].[Na+]. The minimum Gasteiger partial charge on any atom is -1.00 e. The van der Waals surface area contributed by atoms with Gasteiger partial charge in [-0.05, 0) is 17.7 Å². The van der Waals surface area contributed by atoms with Crippen LogP contribution in [0.15, 0.2) is 24.3 Å². The second-order valence-corrected chi connectivity index (χ2v) is 11.1. The summed E-state index contributed by atoms with van der Waals surface area (Å²) in [5.74, 6) is -0.365. The number of nitrogens with zero attached hydrogens (tertiary/aromatic N) is 3. The van der Waals surface area contributed by atoms with Crippen molar-refractivity contribution in [1.82, 2.24) is 13.7 Å². The first kappa shape index (κ1) is 33.8. The molecule has 170 valence electrons. The normalized spacial score (nSPS) is 11.8. The zero-order valence-corrected chi connectivity index (χ0v) is 24.9. The van der Waals surface area contributed by atoms with Crippen molar-refractivity contribution in [3.63, 3.8) is 0 Å². The summed E-state index contributed by atoms with van der Waals surface area (Å²) in [6.07, 6.45) is 1.42. The number of rotatable bonds is 9. The predicted octanol–water partition coefficient (Wildman–Crippen LogP) is -5.38. The summed E-state index contributed by atoms with van der Waals surface area (Å²) in [6, 6.07) is 4.15. The number of benzene rings is 1. The molecule has 31 heavy (non-hydrogen) atoms. The van der Waals surface area contributed by atoms with E-state index in [2.05, 4.69) is 4.52 Å². The average molecular weight is 542 g/mol. The van der Waals surface area contributed by atoms with Crippen LogP contribution < -0.4 is 63.6 Å². The standard InChI is InChI=1S/C13H21ClN3O9PS2.2Na.2H/c1-15(10-11-4-6-12(7-5-11)26-27(19,20)21)13(18)17(29(3,24)25)16(9-8-14)28(2,22)23;;;;/h4-7H,8-10H2,1-3H3,(H2,19,20,21);;;;/q;2*+1;2*-1. The quantitative estimate of drug-likeness (QED) is 0.134. The molecule has 0 spiro atoms. The summed E-state index contributed by atoms with van der Waals surface area (Å²) in [4.78, 5) is 31.2. The Morgan fingerprint density at radius 2 is 1.58 bits per heavy atom. The second kappa shape index (κ2) is 13.5. The van der Waals surface area contributed by atoms with Crippen molar-refractivity contribution < 1.29 is 102 Å². The number of amides is 2. The maximum Gasteiger partial charge on any atom is 1.00 e. The second-order valence-electron chi connectivity index (χ2n) is 5.87. The maximum atomic E-state index is 12.7. The smallest absolute Gasteiger partial charge is 1.00 e. The molecule has 0 aliphatic rings. The van der Waals surface area contributed by atoms with Gasteiger partial charge in [-0.3, -0.25) is 9.79 Å². The fourth-order valence-electron chi connectivity index (χ4n) is 2.15. The maximum absolute atomic E-state index is 12.7. The minimum atomic E-state index is -4.72. The van der Waals surface area contributed by atoms with Crippen molar-refractivity contribution in [3.8, 4) is 5.75 Å². The van der Waals surface area contributed by atoms with Crippen LogP contribution in [0.1, 0.15) is 8.42 Å². The molecular formula is C13H23ClN3Na2O9PS2. The molecule has 0 unspecified atom stereocenters. The number of urea groups is 1. The van der Waals surface area contributed by atoms with Crippen LogP contribution in [0.4, 0.5) is 4.79 Å². The molecule has 18 heteroatoms. The van der Waals surface area contributed by atoms with E-state index in [0.29, 0.717) is 16.2 Å². The molecule has 0 radical (unpaired) electrons. The van der Waals surface area contributed by atoms with Crippen LogP contribution in [0.25, 0.3) is 0 Å². The van der Waals surface area contributed by atoms with Gasteiger partial charge in [0.15, 0.2) is 0 Å². The molecule has 12 nitrogen and oxygen atoms in total. The van der Waals surface area contributed by atoms with Gasteiger partial charge in [0.2, 0.25) is 10.0 Å². The Morgan fingerprint density at radius 1 is 1.10 bits per heavy atom. The van der Waals surface area contributed by atoms with Gasteiger partial charge in [-0.15, -0.1) is 16.0 Å². The van der Waals surface area contributed by atoms with Gasteiger partial charge in [-0.1, -0.05) is 16.5 Å². The third-order valence-electron chi connectivity index (χ3n) is 3.23. The van der Waals surface area contributed by atoms with Crippen molar-refractivity contribution in [1.29, 1.82) is 0 Å². The molecule has 0 fully saturated rings. The van der Waals surface area contributed by atoms with E-state index in [1.54, 1.807) is 0 Å². The molecule has 1 rings (SSSR count). The molecule has 0 aliphatic carbocycles. The van der Waals surface area contributed by atoms with Crippen LogP contribution in [0.2, 0.25) is 0 Å². The third-order valence-corrected chi connectivity index (χ3v) is 6.05. The van der Waals surface area contributed by atoms with E-state index in [1.165, 1.54) is 31.3 Å². The van der Waals surface area contributed by atoms with E-state index >= 15 is 0 Å². The molecule has 0 saturated carbocycles. The van der Waals surface area contributed by atoms with Crippen molar-refractivity contribution in [3.05, 3.63) is 29.8 Å². The van der Waals surface area contributed by atoms with Crippen LogP contribution in [0.5, 0.6) is 5.75 Å². The van der Waals surface area contributed by atoms with Crippen LogP contribution in [0, 0.1) is 0 Å². The summed E-state index contributed by atoms with van der Waals surface area (Å²) >= 11 is 5.55. The largest absolute Gasteiger partial charge is 1.00 e. The first-order valence-corrected chi connectivity index (χ1v) is 13.5. The van der Waals surface area contributed by atoms with Gasteiger partial charge in [0, 0.05) is 26.0 Å². The van der Waals surface area contributed by atoms with E-state index in [9.17, 15) is 26.2 Å². The van der Waals surface area contributed by atoms with E-state index < -0.39 is 40.4 Å². The van der Waals surface area contributed by atoms with Crippen molar-refractivity contribution >= 4 is 45.5 Å². The van der Waals surface area contributed by atoms with Gasteiger partial charge in [0.25, 0.3) is 10.0 Å². The zero-order valence-electron chi connectivity index (χ0n) is 19.7. The number of phosphoric acid groups is 1. The van der Waals surface area contributed by atoms with Crippen LogP contribution >= 0.6 is 19.4 Å². The van der Waals surface area contributed by atoms with Gasteiger partial charge < -0.3 is 12.3 Å². The van der Waals surface area contributed by atoms with Crippen LogP contribution in [-0.2, 0) is 31.2 Å². The van der Waals surface area contributed by atoms with Crippen LogP contribution in [-0.4, -0.2) is 78.4 Å². The van der Waals surface area contributed by atoms with Gasteiger partial charge in [0.1, 0.15) is 5.75 Å². The van der Waals surface area contributed by atoms with Gasteiger partial charge in [0.05, 0.1) is 12.5 Å². The molecule has 1 aromatic rings. The van der Waals surface area contributed by atoms with Crippen molar-refractivity contribution in [2.75, 3.05) is 32.0 Å². The Balaban J connectivity index is -0.00000105. The van der Waals surface area contributed by atoms with Crippen molar-refractivity contribution in [2.45, 2.75) is 6.54 Å². The Labute approximate surface area is 233 Å². The first-order valence-electron chi connectivity index (χ1n) is 7.69. The summed E-state index contributed by atoms with van der Waals surface area (Å²) in [5.41, 5.74) is 0.454. The molecule has 1 aromatic carbocycles. The topological polar surface area (TPSA) is 162 Å². The predicted molar refractivity (Wildman–Crippen MR) is 107 cm³/mol. The molecule has 0 bridgehead atoms. The average Bonchev–Trinajstić information content (AvgIpc) is 2.52. The van der Waals surface area contributed by atoms with E-state index in [1.807, 2.05) is 0 Å². The number of sulfonamides is 2. The first-order chi connectivity index (χ1) is 13.1. The molecule has 0 saturated heterocycles. The van der Waals surface area contributed by atoms with E-state index in [0.717, 1.165) is 11.2 Å². The number of halogens is 1. The number of hydrogen-bond acceptors (Lipinski definition) is 7. The number of phosphoric ester groups is 1. The van der Waals surface area contributed by atoms with Crippen molar-refractivity contribution in [2.24, 2.45) is 0 Å². The fraction of sp³-hybridized carbons (Fsp3) is 0.462. The number of hydrazine groups is 1. The fourth-order valence-corrected chi connectivity index (χ4v) is 5.13. The summed E-state index contributed by atoms with van der Waals surface area (Å²) in [5, 5.41) is 0. The van der Waals surface area contributed by atoms with Gasteiger partial charge in [-0.25, -0.2) is 26.2 Å². The monoisotopic (exact) mass is 541 g/mol. The van der Waals surface area contributed by atoms with Gasteiger partial charge in [-0.2, -0.15) is 0 Å². The Morgan fingerprint density at radius 3 is 1.94 bits per heavy atom. The molecule has 0 atom stereocenters. The van der Waals surface area contributed by atoms with E-state index in [4.69, 9.17) is 21.4 Å². The van der Waals surface area contributed by atoms with Gasteiger partial charge >= 0.3 is 73.0 Å². The summed E-state index contributed by atoms with van der Waals surface area (Å²) in [6.45, 7) is -0.582.